The first-order chi connectivity index (χ1) is 13.9. The van der Waals surface area contributed by atoms with E-state index in [0.717, 1.165) is 12.0 Å². The minimum atomic E-state index is -0.440. The van der Waals surface area contributed by atoms with Crippen molar-refractivity contribution in [3.8, 4) is 0 Å². The number of hydrogen-bond acceptors (Lipinski definition) is 4. The van der Waals surface area contributed by atoms with Gasteiger partial charge in [-0.25, -0.2) is 9.37 Å². The largest absolute Gasteiger partial charge is 0.340 e. The number of thioether (sulfide) groups is 1. The van der Waals surface area contributed by atoms with Crippen LogP contribution in [0.15, 0.2) is 58.5 Å². The van der Waals surface area contributed by atoms with Gasteiger partial charge in [-0.3, -0.25) is 14.2 Å². The molecule has 5 nitrogen and oxygen atoms in total. The van der Waals surface area contributed by atoms with Gasteiger partial charge in [-0.1, -0.05) is 43.0 Å². The first kappa shape index (κ1) is 21.0. The van der Waals surface area contributed by atoms with E-state index >= 15 is 0 Å². The van der Waals surface area contributed by atoms with Crippen LogP contribution in [-0.2, 0) is 17.9 Å². The van der Waals surface area contributed by atoms with Crippen molar-refractivity contribution >= 4 is 28.6 Å². The molecule has 1 amide bonds. The monoisotopic (exact) mass is 413 g/mol. The molecule has 0 fully saturated rings. The summed E-state index contributed by atoms with van der Waals surface area (Å²) >= 11 is 1.28. The van der Waals surface area contributed by atoms with Crippen LogP contribution in [0, 0.1) is 5.82 Å². The number of para-hydroxylation sites is 1. The lowest BCUT2D eigenvalue weighted by atomic mass is 10.2. The molecular formula is C22H24FN3O2S. The fraction of sp³-hybridized carbons (Fsp3) is 0.318. The highest BCUT2D eigenvalue weighted by atomic mass is 32.2. The van der Waals surface area contributed by atoms with Gasteiger partial charge in [-0.15, -0.1) is 0 Å². The molecule has 0 spiro atoms. The van der Waals surface area contributed by atoms with E-state index < -0.39 is 5.25 Å². The molecule has 0 N–H and O–H groups in total. The molecule has 152 valence electrons. The SMILES string of the molecule is CCCn1c(S[C@H](C)C(=O)N(C)Cc2cccc(F)c2)nc2ccccc2c1=O. The summed E-state index contributed by atoms with van der Waals surface area (Å²) in [4.78, 5) is 31.9. The summed E-state index contributed by atoms with van der Waals surface area (Å²) in [6.45, 7) is 4.65. The highest BCUT2D eigenvalue weighted by Crippen LogP contribution is 2.24. The number of fused-ring (bicyclic) bond motifs is 1. The molecule has 1 heterocycles. The minimum absolute atomic E-state index is 0.0901. The van der Waals surface area contributed by atoms with Crippen LogP contribution < -0.4 is 5.56 Å². The molecule has 0 bridgehead atoms. The van der Waals surface area contributed by atoms with E-state index in [4.69, 9.17) is 0 Å². The minimum Gasteiger partial charge on any atom is -0.340 e. The van der Waals surface area contributed by atoms with Crippen LogP contribution >= 0.6 is 11.8 Å². The second kappa shape index (κ2) is 9.22. The van der Waals surface area contributed by atoms with Gasteiger partial charge in [-0.05, 0) is 43.2 Å². The number of nitrogens with zero attached hydrogens (tertiary/aromatic N) is 3. The lowest BCUT2D eigenvalue weighted by Crippen LogP contribution is -2.33. The van der Waals surface area contributed by atoms with E-state index in [1.54, 1.807) is 47.7 Å². The molecule has 1 aromatic heterocycles. The molecule has 1 atom stereocenters. The Balaban J connectivity index is 1.82. The standard InChI is InChI=1S/C22H24FN3O2S/c1-4-12-26-21(28)18-10-5-6-11-19(18)24-22(26)29-15(2)20(27)25(3)14-16-8-7-9-17(23)13-16/h5-11,13,15H,4,12,14H2,1-3H3/t15-/m1/s1. The highest BCUT2D eigenvalue weighted by molar-refractivity contribution is 8.00. The van der Waals surface area contributed by atoms with Crippen LogP contribution in [0.25, 0.3) is 10.9 Å². The average molecular weight is 414 g/mol. The second-order valence-corrected chi connectivity index (χ2v) is 8.26. The van der Waals surface area contributed by atoms with Crippen molar-refractivity contribution in [1.29, 1.82) is 0 Å². The molecule has 0 radical (unpaired) electrons. The maximum Gasteiger partial charge on any atom is 0.262 e. The molecule has 3 aromatic rings. The number of carbonyl (C=O) groups excluding carboxylic acids is 1. The van der Waals surface area contributed by atoms with Crippen molar-refractivity contribution in [2.75, 3.05) is 7.05 Å². The molecule has 7 heteroatoms. The molecule has 29 heavy (non-hydrogen) atoms. The molecule has 0 saturated carbocycles. The van der Waals surface area contributed by atoms with Crippen LogP contribution in [0.3, 0.4) is 0 Å². The summed E-state index contributed by atoms with van der Waals surface area (Å²) in [6.07, 6.45) is 0.787. The van der Waals surface area contributed by atoms with E-state index in [0.29, 0.717) is 29.1 Å². The Morgan fingerprint density at radius 1 is 1.24 bits per heavy atom. The molecule has 2 aromatic carbocycles. The maximum absolute atomic E-state index is 13.4. The first-order valence-electron chi connectivity index (χ1n) is 9.56. The van der Waals surface area contributed by atoms with E-state index in [1.165, 1.54) is 23.9 Å². The van der Waals surface area contributed by atoms with Gasteiger partial charge in [-0.2, -0.15) is 0 Å². The molecule has 0 saturated heterocycles. The number of benzene rings is 2. The Labute approximate surface area is 173 Å². The second-order valence-electron chi connectivity index (χ2n) is 6.95. The van der Waals surface area contributed by atoms with Gasteiger partial charge in [0.1, 0.15) is 5.82 Å². The number of carbonyl (C=O) groups is 1. The number of aromatic nitrogens is 2. The summed E-state index contributed by atoms with van der Waals surface area (Å²) in [5, 5.41) is 0.674. The zero-order valence-electron chi connectivity index (χ0n) is 16.8. The highest BCUT2D eigenvalue weighted by Gasteiger charge is 2.22. The van der Waals surface area contributed by atoms with Gasteiger partial charge >= 0.3 is 0 Å². The summed E-state index contributed by atoms with van der Waals surface area (Å²) < 4.78 is 15.0. The molecule has 0 unspecified atom stereocenters. The summed E-state index contributed by atoms with van der Waals surface area (Å²) in [7, 11) is 1.69. The van der Waals surface area contributed by atoms with Crippen LogP contribution in [-0.4, -0.2) is 32.7 Å². The van der Waals surface area contributed by atoms with Crippen molar-refractivity contribution < 1.29 is 9.18 Å². The zero-order valence-corrected chi connectivity index (χ0v) is 17.6. The van der Waals surface area contributed by atoms with Crippen molar-refractivity contribution in [2.45, 2.75) is 43.8 Å². The fourth-order valence-electron chi connectivity index (χ4n) is 3.16. The lowest BCUT2D eigenvalue weighted by molar-refractivity contribution is -0.129. The molecule has 0 aliphatic heterocycles. The Hall–Kier alpha value is -2.67. The third kappa shape index (κ3) is 4.85. The predicted octanol–water partition coefficient (Wildman–Crippen LogP) is 4.08. The van der Waals surface area contributed by atoms with Crippen LogP contribution in [0.5, 0.6) is 0 Å². The van der Waals surface area contributed by atoms with Crippen LogP contribution in [0.2, 0.25) is 0 Å². The Bertz CT molecular complexity index is 1080. The molecule has 3 rings (SSSR count). The number of halogens is 1. The summed E-state index contributed by atoms with van der Waals surface area (Å²) in [6, 6.07) is 13.5. The number of rotatable bonds is 7. The van der Waals surface area contributed by atoms with Gasteiger partial charge in [0.25, 0.3) is 5.56 Å². The van der Waals surface area contributed by atoms with Crippen molar-refractivity contribution in [3.63, 3.8) is 0 Å². The smallest absolute Gasteiger partial charge is 0.262 e. The predicted molar refractivity (Wildman–Crippen MR) is 114 cm³/mol. The van der Waals surface area contributed by atoms with Gasteiger partial charge in [0, 0.05) is 20.1 Å². The topological polar surface area (TPSA) is 55.2 Å². The zero-order chi connectivity index (χ0) is 21.0. The van der Waals surface area contributed by atoms with Gasteiger partial charge in [0.2, 0.25) is 5.91 Å². The average Bonchev–Trinajstić information content (AvgIpc) is 2.70. The lowest BCUT2D eigenvalue weighted by Gasteiger charge is -2.22. The Morgan fingerprint density at radius 3 is 2.72 bits per heavy atom. The quantitative estimate of drug-likeness (QED) is 0.433. The van der Waals surface area contributed by atoms with E-state index in [2.05, 4.69) is 4.98 Å². The number of hydrogen-bond donors (Lipinski definition) is 0. The van der Waals surface area contributed by atoms with Crippen molar-refractivity contribution in [3.05, 3.63) is 70.3 Å². The normalized spacial score (nSPS) is 12.1. The summed E-state index contributed by atoms with van der Waals surface area (Å²) in [5.74, 6) is -0.431. The third-order valence-corrected chi connectivity index (χ3v) is 5.67. The number of amides is 1. The van der Waals surface area contributed by atoms with E-state index in [9.17, 15) is 14.0 Å². The van der Waals surface area contributed by atoms with E-state index in [1.807, 2.05) is 19.1 Å². The maximum atomic E-state index is 13.4. The van der Waals surface area contributed by atoms with Crippen LogP contribution in [0.4, 0.5) is 4.39 Å². The fourth-order valence-corrected chi connectivity index (χ4v) is 4.21. The van der Waals surface area contributed by atoms with E-state index in [-0.39, 0.29) is 17.3 Å². The van der Waals surface area contributed by atoms with Gasteiger partial charge in [0.15, 0.2) is 5.16 Å². The third-order valence-electron chi connectivity index (χ3n) is 4.59. The van der Waals surface area contributed by atoms with Crippen molar-refractivity contribution in [1.82, 2.24) is 14.5 Å². The molecule has 0 aliphatic carbocycles. The Kier molecular flexibility index (Phi) is 6.69. The van der Waals surface area contributed by atoms with Gasteiger partial charge in [0.05, 0.1) is 16.2 Å². The van der Waals surface area contributed by atoms with Gasteiger partial charge < -0.3 is 4.90 Å². The van der Waals surface area contributed by atoms with Crippen molar-refractivity contribution in [2.24, 2.45) is 0 Å². The molecule has 0 aliphatic rings. The molecular weight excluding hydrogens is 389 g/mol. The first-order valence-corrected chi connectivity index (χ1v) is 10.4. The summed E-state index contributed by atoms with van der Waals surface area (Å²) in [5.41, 5.74) is 1.26. The Morgan fingerprint density at radius 2 is 2.00 bits per heavy atom. The van der Waals surface area contributed by atoms with Crippen LogP contribution in [0.1, 0.15) is 25.8 Å².